The molecule has 1 aromatic carbocycles. The third-order valence-electron chi connectivity index (χ3n) is 4.01. The number of hydrogen-bond acceptors (Lipinski definition) is 6. The van der Waals surface area contributed by atoms with E-state index < -0.39 is 5.82 Å². The van der Waals surface area contributed by atoms with Crippen molar-refractivity contribution in [3.8, 4) is 17.5 Å². The van der Waals surface area contributed by atoms with Crippen molar-refractivity contribution in [3.63, 3.8) is 0 Å². The Hall–Kier alpha value is -2.90. The van der Waals surface area contributed by atoms with Gasteiger partial charge >= 0.3 is 0 Å². The van der Waals surface area contributed by atoms with Gasteiger partial charge in [-0.25, -0.2) is 4.39 Å². The molecule has 0 spiro atoms. The Kier molecular flexibility index (Phi) is 5.83. The molecule has 1 amide bonds. The molecule has 1 fully saturated rings. The van der Waals surface area contributed by atoms with Crippen molar-refractivity contribution in [1.29, 1.82) is 0 Å². The summed E-state index contributed by atoms with van der Waals surface area (Å²) in [7, 11) is 1.50. The summed E-state index contributed by atoms with van der Waals surface area (Å²) in [5.74, 6) is 0.0862. The van der Waals surface area contributed by atoms with Crippen molar-refractivity contribution in [3.05, 3.63) is 42.5 Å². The number of benzene rings is 1. The van der Waals surface area contributed by atoms with Crippen LogP contribution in [0.5, 0.6) is 17.5 Å². The van der Waals surface area contributed by atoms with Gasteiger partial charge in [-0.2, -0.15) is 4.98 Å². The Morgan fingerprint density at radius 2 is 2.12 bits per heavy atom. The Balaban J connectivity index is 1.54. The van der Waals surface area contributed by atoms with Crippen LogP contribution >= 0.6 is 0 Å². The third-order valence-corrected chi connectivity index (χ3v) is 4.01. The maximum atomic E-state index is 13.6. The minimum absolute atomic E-state index is 0.0670. The molecule has 2 aromatic rings. The number of methoxy groups -OCH3 is 1. The van der Waals surface area contributed by atoms with Crippen LogP contribution in [0.2, 0.25) is 0 Å². The number of hydrogen-bond donors (Lipinski definition) is 0. The van der Waals surface area contributed by atoms with Gasteiger partial charge in [0, 0.05) is 6.54 Å². The second-order valence-corrected chi connectivity index (χ2v) is 5.84. The number of piperidine rings is 1. The van der Waals surface area contributed by atoms with Crippen LogP contribution < -0.4 is 14.2 Å². The summed E-state index contributed by atoms with van der Waals surface area (Å²) >= 11 is 0. The van der Waals surface area contributed by atoms with Gasteiger partial charge in [-0.3, -0.25) is 9.78 Å². The molecule has 138 valence electrons. The number of amides is 1. The van der Waals surface area contributed by atoms with E-state index in [0.29, 0.717) is 24.8 Å². The summed E-state index contributed by atoms with van der Waals surface area (Å²) in [5.41, 5.74) is 0. The highest BCUT2D eigenvalue weighted by atomic mass is 19.1. The van der Waals surface area contributed by atoms with Crippen LogP contribution in [0.25, 0.3) is 0 Å². The number of aromatic nitrogens is 2. The predicted octanol–water partition coefficient (Wildman–Crippen LogP) is 2.07. The Bertz CT molecular complexity index is 759. The van der Waals surface area contributed by atoms with Gasteiger partial charge in [-0.05, 0) is 25.0 Å². The molecule has 1 saturated heterocycles. The van der Waals surface area contributed by atoms with Crippen LogP contribution in [0.3, 0.4) is 0 Å². The highest BCUT2D eigenvalue weighted by molar-refractivity contribution is 5.77. The molecule has 1 aliphatic rings. The van der Waals surface area contributed by atoms with E-state index in [1.165, 1.54) is 31.6 Å². The van der Waals surface area contributed by atoms with Crippen molar-refractivity contribution >= 4 is 5.91 Å². The second kappa shape index (κ2) is 8.46. The van der Waals surface area contributed by atoms with E-state index in [4.69, 9.17) is 14.2 Å². The highest BCUT2D eigenvalue weighted by Gasteiger charge is 2.25. The first kappa shape index (κ1) is 17.9. The minimum Gasteiger partial charge on any atom is -0.481 e. The number of carbonyl (C=O) groups is 1. The molecule has 26 heavy (non-hydrogen) atoms. The lowest BCUT2D eigenvalue weighted by Gasteiger charge is -2.32. The van der Waals surface area contributed by atoms with Crippen LogP contribution in [0.4, 0.5) is 4.39 Å². The van der Waals surface area contributed by atoms with Crippen LogP contribution in [-0.2, 0) is 4.79 Å². The third kappa shape index (κ3) is 4.59. The SMILES string of the molecule is COc1cncc(OC2CCCN(C(=O)COc3ccccc3F)C2)n1. The van der Waals surface area contributed by atoms with Gasteiger partial charge in [-0.15, -0.1) is 0 Å². The molecule has 1 aromatic heterocycles. The number of ether oxygens (including phenoxy) is 3. The molecule has 2 heterocycles. The molecular weight excluding hydrogens is 341 g/mol. The molecule has 0 aliphatic carbocycles. The zero-order valence-electron chi connectivity index (χ0n) is 14.4. The summed E-state index contributed by atoms with van der Waals surface area (Å²) in [6, 6.07) is 6.01. The molecule has 3 rings (SSSR count). The first-order valence-corrected chi connectivity index (χ1v) is 8.33. The summed E-state index contributed by atoms with van der Waals surface area (Å²) in [5, 5.41) is 0. The zero-order chi connectivity index (χ0) is 18.4. The average molecular weight is 361 g/mol. The van der Waals surface area contributed by atoms with E-state index in [0.717, 1.165) is 12.8 Å². The zero-order valence-corrected chi connectivity index (χ0v) is 14.4. The molecule has 0 bridgehead atoms. The van der Waals surface area contributed by atoms with Crippen LogP contribution in [-0.4, -0.2) is 53.7 Å². The van der Waals surface area contributed by atoms with Gasteiger partial charge in [-0.1, -0.05) is 12.1 Å². The smallest absolute Gasteiger partial charge is 0.260 e. The van der Waals surface area contributed by atoms with Gasteiger partial charge < -0.3 is 19.1 Å². The fourth-order valence-corrected chi connectivity index (χ4v) is 2.71. The second-order valence-electron chi connectivity index (χ2n) is 5.84. The molecule has 0 saturated carbocycles. The van der Waals surface area contributed by atoms with Crippen LogP contribution in [0.1, 0.15) is 12.8 Å². The molecule has 8 heteroatoms. The van der Waals surface area contributed by atoms with E-state index >= 15 is 0 Å². The van der Waals surface area contributed by atoms with E-state index in [1.54, 1.807) is 17.0 Å². The number of likely N-dealkylation sites (tertiary alicyclic amines) is 1. The van der Waals surface area contributed by atoms with Crippen LogP contribution in [0, 0.1) is 5.82 Å². The van der Waals surface area contributed by atoms with Gasteiger partial charge in [0.15, 0.2) is 18.2 Å². The highest BCUT2D eigenvalue weighted by Crippen LogP contribution is 2.19. The lowest BCUT2D eigenvalue weighted by Crippen LogP contribution is -2.46. The van der Waals surface area contributed by atoms with Gasteiger partial charge in [0.2, 0.25) is 11.8 Å². The molecule has 1 unspecified atom stereocenters. The van der Waals surface area contributed by atoms with E-state index in [-0.39, 0.29) is 24.4 Å². The molecule has 1 aliphatic heterocycles. The van der Waals surface area contributed by atoms with Crippen molar-refractivity contribution < 1.29 is 23.4 Å². The Morgan fingerprint density at radius 3 is 2.92 bits per heavy atom. The predicted molar refractivity (Wildman–Crippen MR) is 90.7 cm³/mol. The summed E-state index contributed by atoms with van der Waals surface area (Å²) < 4.78 is 29.7. The van der Waals surface area contributed by atoms with Gasteiger partial charge in [0.25, 0.3) is 5.91 Å². The van der Waals surface area contributed by atoms with Crippen molar-refractivity contribution in [2.24, 2.45) is 0 Å². The fourth-order valence-electron chi connectivity index (χ4n) is 2.71. The average Bonchev–Trinajstić information content (AvgIpc) is 2.67. The number of para-hydroxylation sites is 1. The lowest BCUT2D eigenvalue weighted by atomic mass is 10.1. The minimum atomic E-state index is -0.489. The molecule has 0 N–H and O–H groups in total. The van der Waals surface area contributed by atoms with Crippen LogP contribution in [0.15, 0.2) is 36.7 Å². The summed E-state index contributed by atoms with van der Waals surface area (Å²) in [6.45, 7) is 0.814. The van der Waals surface area contributed by atoms with Gasteiger partial charge in [0.1, 0.15) is 6.10 Å². The maximum absolute atomic E-state index is 13.6. The van der Waals surface area contributed by atoms with E-state index in [2.05, 4.69) is 9.97 Å². The quantitative estimate of drug-likeness (QED) is 0.784. The largest absolute Gasteiger partial charge is 0.481 e. The number of nitrogens with zero attached hydrogens (tertiary/aromatic N) is 3. The number of carbonyl (C=O) groups excluding carboxylic acids is 1. The summed E-state index contributed by atoms with van der Waals surface area (Å²) in [4.78, 5) is 22.2. The first-order valence-electron chi connectivity index (χ1n) is 8.33. The lowest BCUT2D eigenvalue weighted by molar-refractivity contribution is -0.136. The molecule has 7 nitrogen and oxygen atoms in total. The first-order chi connectivity index (χ1) is 12.7. The molecule has 0 radical (unpaired) electrons. The normalized spacial score (nSPS) is 16.8. The monoisotopic (exact) mass is 361 g/mol. The molecular formula is C18H20FN3O4. The maximum Gasteiger partial charge on any atom is 0.260 e. The van der Waals surface area contributed by atoms with Crippen molar-refractivity contribution in [2.45, 2.75) is 18.9 Å². The standard InChI is InChI=1S/C18H20FN3O4/c1-24-16-9-20-10-17(21-16)26-13-5-4-8-22(11-13)18(23)12-25-15-7-3-2-6-14(15)19/h2-3,6-7,9-10,13H,4-5,8,11-12H2,1H3. The molecule has 1 atom stereocenters. The van der Waals surface area contributed by atoms with Gasteiger partial charge in [0.05, 0.1) is 26.0 Å². The topological polar surface area (TPSA) is 73.8 Å². The van der Waals surface area contributed by atoms with E-state index in [9.17, 15) is 9.18 Å². The van der Waals surface area contributed by atoms with Crippen molar-refractivity contribution in [1.82, 2.24) is 14.9 Å². The Morgan fingerprint density at radius 1 is 1.31 bits per heavy atom. The van der Waals surface area contributed by atoms with Crippen molar-refractivity contribution in [2.75, 3.05) is 26.8 Å². The Labute approximate surface area is 150 Å². The fraction of sp³-hybridized carbons (Fsp3) is 0.389. The number of rotatable bonds is 6. The number of halogens is 1. The van der Waals surface area contributed by atoms with E-state index in [1.807, 2.05) is 0 Å². The summed E-state index contributed by atoms with van der Waals surface area (Å²) in [6.07, 6.45) is 4.40.